The van der Waals surface area contributed by atoms with Gasteiger partial charge in [-0.25, -0.2) is 0 Å². The molecule has 7 heteroatoms. The van der Waals surface area contributed by atoms with E-state index in [4.69, 9.17) is 0 Å². The fraction of sp³-hybridized carbons (Fsp3) is 0.417. The molecule has 0 saturated carbocycles. The van der Waals surface area contributed by atoms with Crippen LogP contribution in [0.25, 0.3) is 0 Å². The van der Waals surface area contributed by atoms with Gasteiger partial charge in [-0.15, -0.1) is 11.8 Å². The summed E-state index contributed by atoms with van der Waals surface area (Å²) in [6.45, 7) is -0.433. The van der Waals surface area contributed by atoms with Crippen molar-refractivity contribution in [3.05, 3.63) is 29.8 Å². The first-order valence-corrected chi connectivity index (χ1v) is 6.60. The maximum atomic E-state index is 13.1. The number of methoxy groups -OCH3 is 1. The third-order valence-electron chi connectivity index (χ3n) is 2.84. The maximum absolute atomic E-state index is 13.1. The van der Waals surface area contributed by atoms with E-state index >= 15 is 0 Å². The number of benzene rings is 1. The van der Waals surface area contributed by atoms with Crippen molar-refractivity contribution in [2.75, 3.05) is 18.6 Å². The first kappa shape index (κ1) is 14.0. The smallest absolute Gasteiger partial charge is 0.468 e. The van der Waals surface area contributed by atoms with Gasteiger partial charge in [-0.2, -0.15) is 13.2 Å². The van der Waals surface area contributed by atoms with Crippen molar-refractivity contribution >= 4 is 23.4 Å². The lowest BCUT2D eigenvalue weighted by molar-refractivity contribution is -0.142. The Morgan fingerprint density at radius 3 is 2.74 bits per heavy atom. The first-order chi connectivity index (χ1) is 8.93. The van der Waals surface area contributed by atoms with Gasteiger partial charge in [0.1, 0.15) is 5.25 Å². The Hall–Kier alpha value is -1.37. The Bertz CT molecular complexity index is 478. The van der Waals surface area contributed by atoms with E-state index in [-0.39, 0.29) is 5.69 Å². The minimum Gasteiger partial charge on any atom is -0.468 e. The van der Waals surface area contributed by atoms with E-state index in [1.165, 1.54) is 13.2 Å². The zero-order valence-electron chi connectivity index (χ0n) is 10.1. The molecule has 0 aromatic heterocycles. The molecular weight excluding hydrogens is 279 g/mol. The number of anilines is 1. The van der Waals surface area contributed by atoms with Gasteiger partial charge < -0.3 is 4.74 Å². The second kappa shape index (κ2) is 5.32. The van der Waals surface area contributed by atoms with Crippen LogP contribution in [0.5, 0.6) is 0 Å². The number of hydrogen-bond donors (Lipinski definition) is 0. The minimum absolute atomic E-state index is 0.105. The fourth-order valence-corrected chi connectivity index (χ4v) is 3.03. The largest absolute Gasteiger partial charge is 0.484 e. The molecule has 0 N–H and O–H groups in total. The number of alkyl halides is 3. The lowest BCUT2D eigenvalue weighted by atomic mass is 10.2. The standard InChI is InChI=1S/C12H12F3NO2S/c1-18-11(17)10-6-16(12(13,14)15)9-5-3-2-4-8(9)7-19-10/h2-5,10H,6-7H2,1H3. The Balaban J connectivity index is 2.38. The van der Waals surface area contributed by atoms with Crippen LogP contribution in [0.3, 0.4) is 0 Å². The van der Waals surface area contributed by atoms with Gasteiger partial charge >= 0.3 is 12.3 Å². The molecule has 1 aliphatic heterocycles. The Kier molecular flexibility index (Phi) is 3.93. The molecule has 0 bridgehead atoms. The predicted molar refractivity (Wildman–Crippen MR) is 66.9 cm³/mol. The molecule has 1 unspecified atom stereocenters. The van der Waals surface area contributed by atoms with Crippen molar-refractivity contribution < 1.29 is 22.7 Å². The normalized spacial score (nSPS) is 19.6. The summed E-state index contributed by atoms with van der Waals surface area (Å²) in [5.41, 5.74) is 0.671. The van der Waals surface area contributed by atoms with Crippen molar-refractivity contribution in [1.29, 1.82) is 0 Å². The second-order valence-corrected chi connectivity index (χ2v) is 5.22. The number of para-hydroxylation sites is 1. The van der Waals surface area contributed by atoms with E-state index in [0.717, 1.165) is 11.8 Å². The third kappa shape index (κ3) is 2.97. The number of halogens is 3. The number of carbonyl (C=O) groups excluding carboxylic acids is 1. The predicted octanol–water partition coefficient (Wildman–Crippen LogP) is 2.80. The zero-order chi connectivity index (χ0) is 14.0. The van der Waals surface area contributed by atoms with Gasteiger partial charge in [-0.1, -0.05) is 18.2 Å². The summed E-state index contributed by atoms with van der Waals surface area (Å²) in [7, 11) is 1.18. The van der Waals surface area contributed by atoms with Gasteiger partial charge in [0.05, 0.1) is 7.11 Å². The van der Waals surface area contributed by atoms with Gasteiger partial charge in [0.25, 0.3) is 0 Å². The average Bonchev–Trinajstić information content (AvgIpc) is 2.57. The SMILES string of the molecule is COC(=O)C1CN(C(F)(F)F)c2ccccc2CS1. The molecule has 104 valence electrons. The zero-order valence-corrected chi connectivity index (χ0v) is 10.9. The van der Waals surface area contributed by atoms with Crippen LogP contribution < -0.4 is 4.90 Å². The molecule has 19 heavy (non-hydrogen) atoms. The van der Waals surface area contributed by atoms with Gasteiger partial charge in [0.2, 0.25) is 0 Å². The number of ether oxygens (including phenoxy) is 1. The maximum Gasteiger partial charge on any atom is 0.484 e. The summed E-state index contributed by atoms with van der Waals surface area (Å²) < 4.78 is 43.9. The van der Waals surface area contributed by atoms with E-state index in [0.29, 0.717) is 16.2 Å². The molecule has 1 aliphatic rings. The second-order valence-electron chi connectivity index (χ2n) is 4.03. The van der Waals surface area contributed by atoms with Crippen molar-refractivity contribution in [1.82, 2.24) is 0 Å². The Labute approximate surface area is 112 Å². The van der Waals surface area contributed by atoms with Gasteiger partial charge in [-0.05, 0) is 11.6 Å². The van der Waals surface area contributed by atoms with E-state index in [2.05, 4.69) is 4.74 Å². The lowest BCUT2D eigenvalue weighted by Gasteiger charge is -2.28. The van der Waals surface area contributed by atoms with Crippen LogP contribution in [0.4, 0.5) is 18.9 Å². The number of rotatable bonds is 1. The molecule has 0 aliphatic carbocycles. The summed E-state index contributed by atoms with van der Waals surface area (Å²) in [5, 5.41) is -0.848. The van der Waals surface area contributed by atoms with Crippen LogP contribution in [0, 0.1) is 0 Å². The summed E-state index contributed by atoms with van der Waals surface area (Å²) in [6.07, 6.45) is -4.52. The summed E-state index contributed by atoms with van der Waals surface area (Å²) in [5.74, 6) is -0.283. The first-order valence-electron chi connectivity index (χ1n) is 5.55. The number of fused-ring (bicyclic) bond motifs is 1. The molecule has 1 aromatic rings. The minimum atomic E-state index is -4.52. The van der Waals surface area contributed by atoms with E-state index < -0.39 is 24.1 Å². The average molecular weight is 291 g/mol. The van der Waals surface area contributed by atoms with Crippen molar-refractivity contribution in [2.45, 2.75) is 17.3 Å². The third-order valence-corrected chi connectivity index (χ3v) is 4.06. The molecular formula is C12H12F3NO2S. The highest BCUT2D eigenvalue weighted by atomic mass is 32.2. The molecule has 0 spiro atoms. The van der Waals surface area contributed by atoms with Crippen molar-refractivity contribution in [3.63, 3.8) is 0 Å². The molecule has 1 aromatic carbocycles. The van der Waals surface area contributed by atoms with Gasteiger partial charge in [-0.3, -0.25) is 9.69 Å². The Morgan fingerprint density at radius 1 is 1.42 bits per heavy atom. The molecule has 0 fully saturated rings. The highest BCUT2D eigenvalue weighted by Crippen LogP contribution is 2.37. The van der Waals surface area contributed by atoms with Crippen LogP contribution in [-0.2, 0) is 15.3 Å². The van der Waals surface area contributed by atoms with Crippen molar-refractivity contribution in [2.24, 2.45) is 0 Å². The topological polar surface area (TPSA) is 29.5 Å². The number of hydrogen-bond acceptors (Lipinski definition) is 4. The van der Waals surface area contributed by atoms with E-state index in [9.17, 15) is 18.0 Å². The molecule has 1 heterocycles. The summed E-state index contributed by atoms with van der Waals surface area (Å²) in [6, 6.07) is 6.30. The molecule has 2 rings (SSSR count). The van der Waals surface area contributed by atoms with E-state index in [1.807, 2.05) is 0 Å². The highest BCUT2D eigenvalue weighted by molar-refractivity contribution is 7.99. The van der Waals surface area contributed by atoms with Crippen LogP contribution in [0.1, 0.15) is 5.56 Å². The summed E-state index contributed by atoms with van der Waals surface area (Å²) >= 11 is 1.16. The number of esters is 1. The molecule has 0 amide bonds. The van der Waals surface area contributed by atoms with E-state index in [1.54, 1.807) is 18.2 Å². The van der Waals surface area contributed by atoms with Crippen LogP contribution in [0.2, 0.25) is 0 Å². The van der Waals surface area contributed by atoms with Gasteiger partial charge in [0.15, 0.2) is 0 Å². The Morgan fingerprint density at radius 2 is 2.11 bits per heavy atom. The highest BCUT2D eigenvalue weighted by Gasteiger charge is 2.42. The van der Waals surface area contributed by atoms with Crippen LogP contribution in [0.15, 0.2) is 24.3 Å². The number of carbonyl (C=O) groups is 1. The fourth-order valence-electron chi connectivity index (χ4n) is 1.92. The van der Waals surface area contributed by atoms with Crippen molar-refractivity contribution in [3.8, 4) is 0 Å². The number of nitrogens with zero attached hydrogens (tertiary/aromatic N) is 1. The van der Waals surface area contributed by atoms with Crippen LogP contribution >= 0.6 is 11.8 Å². The lowest BCUT2D eigenvalue weighted by Crippen LogP contribution is -2.44. The molecule has 0 saturated heterocycles. The molecule has 0 radical (unpaired) electrons. The van der Waals surface area contributed by atoms with Gasteiger partial charge in [0, 0.05) is 18.0 Å². The quantitative estimate of drug-likeness (QED) is 0.588. The van der Waals surface area contributed by atoms with Crippen LogP contribution in [-0.4, -0.2) is 31.2 Å². The summed E-state index contributed by atoms with van der Waals surface area (Å²) in [4.78, 5) is 11.8. The monoisotopic (exact) mass is 291 g/mol. The number of thioether (sulfide) groups is 1. The molecule has 3 nitrogen and oxygen atoms in total. The molecule has 1 atom stereocenters.